The lowest BCUT2D eigenvalue weighted by Gasteiger charge is -2.09. The van der Waals surface area contributed by atoms with Gasteiger partial charge in [0.2, 0.25) is 5.91 Å². The number of nitrogens with one attached hydrogen (secondary N) is 2. The number of ether oxygens (including phenoxy) is 2. The molecule has 0 atom stereocenters. The van der Waals surface area contributed by atoms with E-state index < -0.39 is 0 Å². The average molecular weight is 342 g/mol. The predicted molar refractivity (Wildman–Crippen MR) is 97.1 cm³/mol. The van der Waals surface area contributed by atoms with E-state index in [1.54, 1.807) is 38.3 Å². The van der Waals surface area contributed by atoms with Crippen LogP contribution >= 0.6 is 0 Å². The Labute approximate surface area is 147 Å². The van der Waals surface area contributed by atoms with Gasteiger partial charge in [-0.2, -0.15) is 0 Å². The van der Waals surface area contributed by atoms with Crippen molar-refractivity contribution in [2.24, 2.45) is 0 Å². The van der Waals surface area contributed by atoms with Crippen molar-refractivity contribution in [3.05, 3.63) is 54.1 Å². The van der Waals surface area contributed by atoms with Crippen molar-refractivity contribution in [3.63, 3.8) is 0 Å². The Morgan fingerprint density at radius 3 is 2.20 bits per heavy atom. The molecule has 0 aliphatic rings. The van der Waals surface area contributed by atoms with Crippen molar-refractivity contribution < 1.29 is 19.1 Å². The van der Waals surface area contributed by atoms with Crippen molar-refractivity contribution >= 4 is 23.3 Å². The second-order valence-corrected chi connectivity index (χ2v) is 5.25. The van der Waals surface area contributed by atoms with E-state index in [0.29, 0.717) is 30.8 Å². The second-order valence-electron chi connectivity index (χ2n) is 5.25. The maximum atomic E-state index is 12.0. The first-order valence-electron chi connectivity index (χ1n) is 8.07. The number of benzene rings is 2. The maximum absolute atomic E-state index is 12.0. The molecule has 0 aromatic heterocycles. The second kappa shape index (κ2) is 9.32. The molecule has 0 saturated carbocycles. The molecular formula is C19H22N2O4. The van der Waals surface area contributed by atoms with Gasteiger partial charge in [-0.3, -0.25) is 4.79 Å². The zero-order valence-electron chi connectivity index (χ0n) is 14.4. The van der Waals surface area contributed by atoms with E-state index in [1.807, 2.05) is 24.3 Å². The topological polar surface area (TPSA) is 76.7 Å². The van der Waals surface area contributed by atoms with E-state index in [-0.39, 0.29) is 11.9 Å². The Bertz CT molecular complexity index is 696. The van der Waals surface area contributed by atoms with Gasteiger partial charge in [0.25, 0.3) is 0 Å². The lowest BCUT2D eigenvalue weighted by atomic mass is 10.2. The molecule has 2 rings (SSSR count). The van der Waals surface area contributed by atoms with Crippen LogP contribution in [-0.2, 0) is 9.53 Å². The van der Waals surface area contributed by atoms with E-state index in [2.05, 4.69) is 10.6 Å². The molecule has 0 bridgehead atoms. The highest BCUT2D eigenvalue weighted by Gasteiger charge is 2.07. The smallest absolute Gasteiger partial charge is 0.338 e. The molecule has 0 unspecified atom stereocenters. The standard InChI is InChI=1S/C19H22N2O4/c1-3-25-19(23)14-4-6-16(7-5-14)21-18(22)12-13-20-15-8-10-17(24-2)11-9-15/h4-11,20H,3,12-13H2,1-2H3,(H,21,22). The summed E-state index contributed by atoms with van der Waals surface area (Å²) in [6, 6.07) is 14.1. The molecule has 0 heterocycles. The highest BCUT2D eigenvalue weighted by Crippen LogP contribution is 2.15. The SMILES string of the molecule is CCOC(=O)c1ccc(NC(=O)CCNc2ccc(OC)cc2)cc1. The summed E-state index contributed by atoms with van der Waals surface area (Å²) in [6.45, 7) is 2.60. The number of esters is 1. The molecule has 0 fully saturated rings. The van der Waals surface area contributed by atoms with Gasteiger partial charge in [-0.05, 0) is 55.5 Å². The molecule has 25 heavy (non-hydrogen) atoms. The molecule has 2 N–H and O–H groups in total. The van der Waals surface area contributed by atoms with Gasteiger partial charge >= 0.3 is 5.97 Å². The fraction of sp³-hybridized carbons (Fsp3) is 0.263. The molecule has 0 radical (unpaired) electrons. The number of methoxy groups -OCH3 is 1. The number of amides is 1. The number of rotatable bonds is 8. The first-order chi connectivity index (χ1) is 12.1. The molecular weight excluding hydrogens is 320 g/mol. The van der Waals surface area contributed by atoms with Crippen molar-refractivity contribution in [2.45, 2.75) is 13.3 Å². The summed E-state index contributed by atoms with van der Waals surface area (Å²) >= 11 is 0. The van der Waals surface area contributed by atoms with Crippen molar-refractivity contribution in [1.29, 1.82) is 0 Å². The molecule has 132 valence electrons. The van der Waals surface area contributed by atoms with E-state index in [9.17, 15) is 9.59 Å². The van der Waals surface area contributed by atoms with Crippen LogP contribution in [0.25, 0.3) is 0 Å². The highest BCUT2D eigenvalue weighted by molar-refractivity contribution is 5.93. The van der Waals surface area contributed by atoms with Crippen LogP contribution < -0.4 is 15.4 Å². The molecule has 2 aromatic rings. The minimum atomic E-state index is -0.371. The molecule has 6 heteroatoms. The number of hydrogen-bond donors (Lipinski definition) is 2. The quantitative estimate of drug-likeness (QED) is 0.720. The third-order valence-corrected chi connectivity index (χ3v) is 3.45. The van der Waals surface area contributed by atoms with E-state index >= 15 is 0 Å². The van der Waals surface area contributed by atoms with Crippen LogP contribution in [0.5, 0.6) is 5.75 Å². The molecule has 0 aliphatic carbocycles. The van der Waals surface area contributed by atoms with Gasteiger partial charge in [-0.25, -0.2) is 4.79 Å². The van der Waals surface area contributed by atoms with Crippen LogP contribution in [0.1, 0.15) is 23.7 Å². The molecule has 0 spiro atoms. The number of anilines is 2. The lowest BCUT2D eigenvalue weighted by molar-refractivity contribution is -0.115. The van der Waals surface area contributed by atoms with Crippen LogP contribution in [0.2, 0.25) is 0 Å². The van der Waals surface area contributed by atoms with Gasteiger partial charge < -0.3 is 20.1 Å². The van der Waals surface area contributed by atoms with Crippen LogP contribution in [0.3, 0.4) is 0 Å². The first-order valence-corrected chi connectivity index (χ1v) is 8.07. The van der Waals surface area contributed by atoms with Crippen molar-refractivity contribution in [2.75, 3.05) is 30.9 Å². The van der Waals surface area contributed by atoms with E-state index in [1.165, 1.54) is 0 Å². The summed E-state index contributed by atoms with van der Waals surface area (Å²) in [5, 5.41) is 5.97. The molecule has 0 saturated heterocycles. The Morgan fingerprint density at radius 2 is 1.60 bits per heavy atom. The molecule has 2 aromatic carbocycles. The fourth-order valence-corrected chi connectivity index (χ4v) is 2.16. The molecule has 6 nitrogen and oxygen atoms in total. The predicted octanol–water partition coefficient (Wildman–Crippen LogP) is 3.31. The van der Waals surface area contributed by atoms with Gasteiger partial charge in [-0.15, -0.1) is 0 Å². The zero-order valence-corrected chi connectivity index (χ0v) is 14.4. The molecule has 1 amide bonds. The van der Waals surface area contributed by atoms with Crippen LogP contribution in [0.15, 0.2) is 48.5 Å². The third kappa shape index (κ3) is 5.84. The lowest BCUT2D eigenvalue weighted by Crippen LogP contribution is -2.16. The Hall–Kier alpha value is -3.02. The summed E-state index contributed by atoms with van der Waals surface area (Å²) < 4.78 is 10.0. The average Bonchev–Trinajstić information content (AvgIpc) is 2.63. The number of hydrogen-bond acceptors (Lipinski definition) is 5. The zero-order chi connectivity index (χ0) is 18.1. The largest absolute Gasteiger partial charge is 0.497 e. The Kier molecular flexibility index (Phi) is 6.83. The van der Waals surface area contributed by atoms with Gasteiger partial charge in [-0.1, -0.05) is 0 Å². The normalized spacial score (nSPS) is 10.0. The van der Waals surface area contributed by atoms with Crippen LogP contribution in [-0.4, -0.2) is 32.1 Å². The maximum Gasteiger partial charge on any atom is 0.338 e. The van der Waals surface area contributed by atoms with Gasteiger partial charge in [0.1, 0.15) is 5.75 Å². The minimum Gasteiger partial charge on any atom is -0.497 e. The summed E-state index contributed by atoms with van der Waals surface area (Å²) in [6.07, 6.45) is 0.325. The van der Waals surface area contributed by atoms with E-state index in [4.69, 9.17) is 9.47 Å². The Morgan fingerprint density at radius 1 is 0.960 bits per heavy atom. The van der Waals surface area contributed by atoms with Crippen LogP contribution in [0, 0.1) is 0 Å². The van der Waals surface area contributed by atoms with E-state index in [0.717, 1.165) is 11.4 Å². The third-order valence-electron chi connectivity index (χ3n) is 3.45. The monoisotopic (exact) mass is 342 g/mol. The van der Waals surface area contributed by atoms with Gasteiger partial charge in [0.05, 0.1) is 19.3 Å². The van der Waals surface area contributed by atoms with Crippen molar-refractivity contribution in [1.82, 2.24) is 0 Å². The summed E-state index contributed by atoms with van der Waals surface area (Å²) in [5.41, 5.74) is 2.02. The van der Waals surface area contributed by atoms with Crippen LogP contribution in [0.4, 0.5) is 11.4 Å². The minimum absolute atomic E-state index is 0.107. The first kappa shape index (κ1) is 18.3. The summed E-state index contributed by atoms with van der Waals surface area (Å²) in [7, 11) is 1.62. The summed E-state index contributed by atoms with van der Waals surface area (Å²) in [4.78, 5) is 23.5. The fourth-order valence-electron chi connectivity index (χ4n) is 2.16. The van der Waals surface area contributed by atoms with Gasteiger partial charge in [0, 0.05) is 24.3 Å². The Balaban J connectivity index is 1.76. The van der Waals surface area contributed by atoms with Gasteiger partial charge in [0.15, 0.2) is 0 Å². The number of carbonyl (C=O) groups excluding carboxylic acids is 2. The summed E-state index contributed by atoms with van der Waals surface area (Å²) in [5.74, 6) is 0.309. The molecule has 0 aliphatic heterocycles. The van der Waals surface area contributed by atoms with Crippen molar-refractivity contribution in [3.8, 4) is 5.75 Å². The number of carbonyl (C=O) groups is 2. The highest BCUT2D eigenvalue weighted by atomic mass is 16.5.